The second-order valence-electron chi connectivity index (χ2n) is 5.63. The van der Waals surface area contributed by atoms with Gasteiger partial charge in [0.2, 0.25) is 11.8 Å². The third-order valence-corrected chi connectivity index (χ3v) is 3.58. The average molecular weight is 334 g/mol. The second-order valence-corrected chi connectivity index (χ2v) is 5.63. The number of nitrogens with one attached hydrogen (secondary N) is 2. The van der Waals surface area contributed by atoms with Gasteiger partial charge in [0.25, 0.3) is 0 Å². The van der Waals surface area contributed by atoms with Crippen molar-refractivity contribution in [3.05, 3.63) is 71.8 Å². The minimum absolute atomic E-state index is 0.135. The molecule has 1 heterocycles. The molecular weight excluding hydrogens is 316 g/mol. The Morgan fingerprint density at radius 1 is 1.00 bits per heavy atom. The molecule has 5 heteroatoms. The number of hydrogen-bond donors (Lipinski definition) is 2. The van der Waals surface area contributed by atoms with Gasteiger partial charge in [-0.05, 0) is 42.0 Å². The molecule has 0 saturated heterocycles. The normalized spacial score (nSPS) is 12.8. The molecule has 0 saturated carbocycles. The van der Waals surface area contributed by atoms with Crippen LogP contribution in [-0.2, 0) is 9.59 Å². The van der Waals surface area contributed by atoms with Crippen LogP contribution >= 0.6 is 0 Å². The summed E-state index contributed by atoms with van der Waals surface area (Å²) in [5, 5.41) is 5.45. The molecule has 1 aliphatic heterocycles. The first-order chi connectivity index (χ1) is 12.1. The summed E-state index contributed by atoms with van der Waals surface area (Å²) in [6.07, 6.45) is 5.23. The van der Waals surface area contributed by atoms with Crippen LogP contribution in [0, 0.1) is 0 Å². The van der Waals surface area contributed by atoms with Gasteiger partial charge in [0.15, 0.2) is 0 Å². The third kappa shape index (κ3) is 4.57. The monoisotopic (exact) mass is 334 g/mol. The van der Waals surface area contributed by atoms with E-state index in [4.69, 9.17) is 4.74 Å². The Morgan fingerprint density at radius 3 is 2.40 bits per heavy atom. The van der Waals surface area contributed by atoms with Gasteiger partial charge in [0.05, 0.1) is 0 Å². The molecule has 1 aliphatic rings. The molecule has 25 heavy (non-hydrogen) atoms. The highest BCUT2D eigenvalue weighted by Gasteiger charge is 2.08. The van der Waals surface area contributed by atoms with Crippen molar-refractivity contribution in [2.75, 3.05) is 17.2 Å². The van der Waals surface area contributed by atoms with Crippen LogP contribution in [0.1, 0.15) is 12.5 Å². The minimum atomic E-state index is -0.230. The van der Waals surface area contributed by atoms with Crippen molar-refractivity contribution in [1.82, 2.24) is 0 Å². The summed E-state index contributed by atoms with van der Waals surface area (Å²) in [5.74, 6) is 0.486. The molecule has 2 amide bonds. The maximum Gasteiger partial charge on any atom is 0.248 e. The summed E-state index contributed by atoms with van der Waals surface area (Å²) >= 11 is 0. The molecular formula is C20H18N2O3. The number of amides is 2. The van der Waals surface area contributed by atoms with E-state index in [0.29, 0.717) is 18.0 Å². The summed E-state index contributed by atoms with van der Waals surface area (Å²) in [4.78, 5) is 23.0. The minimum Gasteiger partial charge on any atom is -0.488 e. The zero-order valence-corrected chi connectivity index (χ0v) is 13.8. The molecule has 2 aromatic rings. The average Bonchev–Trinajstić information content (AvgIpc) is 2.61. The molecule has 3 rings (SSSR count). The molecule has 0 atom stereocenters. The fourth-order valence-electron chi connectivity index (χ4n) is 2.44. The Kier molecular flexibility index (Phi) is 4.95. The van der Waals surface area contributed by atoms with E-state index in [0.717, 1.165) is 16.9 Å². The number of para-hydroxylation sites is 1. The Morgan fingerprint density at radius 2 is 1.68 bits per heavy atom. The highest BCUT2D eigenvalue weighted by Crippen LogP contribution is 2.26. The predicted octanol–water partition coefficient (Wildman–Crippen LogP) is 3.62. The first-order valence-corrected chi connectivity index (χ1v) is 7.89. The largest absolute Gasteiger partial charge is 0.488 e. The number of carbonyl (C=O) groups excluding carboxylic acids is 2. The SMILES string of the molecule is CC(=O)Nc1ccc(NC(=O)C=CC2=Cc3ccccc3OC2)cc1. The first-order valence-electron chi connectivity index (χ1n) is 7.89. The van der Waals surface area contributed by atoms with Crippen LogP contribution in [0.3, 0.4) is 0 Å². The Bertz CT molecular complexity index is 851. The molecule has 5 nitrogen and oxygen atoms in total. The van der Waals surface area contributed by atoms with E-state index in [1.54, 1.807) is 30.3 Å². The Hall–Kier alpha value is -3.34. The summed E-state index contributed by atoms with van der Waals surface area (Å²) in [7, 11) is 0. The molecule has 0 fully saturated rings. The lowest BCUT2D eigenvalue weighted by Crippen LogP contribution is -2.10. The number of hydrogen-bond acceptors (Lipinski definition) is 3. The number of benzene rings is 2. The fourth-order valence-corrected chi connectivity index (χ4v) is 2.44. The zero-order valence-electron chi connectivity index (χ0n) is 13.8. The van der Waals surface area contributed by atoms with E-state index in [1.807, 2.05) is 30.3 Å². The molecule has 2 aromatic carbocycles. The van der Waals surface area contributed by atoms with Crippen LogP contribution < -0.4 is 15.4 Å². The maximum atomic E-state index is 12.0. The van der Waals surface area contributed by atoms with E-state index < -0.39 is 0 Å². The molecule has 0 bridgehead atoms. The number of carbonyl (C=O) groups is 2. The van der Waals surface area contributed by atoms with Gasteiger partial charge in [-0.15, -0.1) is 0 Å². The molecule has 0 aromatic heterocycles. The molecule has 2 N–H and O–H groups in total. The van der Waals surface area contributed by atoms with Gasteiger partial charge in [-0.1, -0.05) is 24.3 Å². The van der Waals surface area contributed by atoms with Gasteiger partial charge >= 0.3 is 0 Å². The quantitative estimate of drug-likeness (QED) is 0.839. The van der Waals surface area contributed by atoms with Crippen LogP contribution in [0.15, 0.2) is 66.3 Å². The first kappa shape index (κ1) is 16.5. The van der Waals surface area contributed by atoms with Gasteiger partial charge in [-0.2, -0.15) is 0 Å². The van der Waals surface area contributed by atoms with Crippen LogP contribution in [-0.4, -0.2) is 18.4 Å². The lowest BCUT2D eigenvalue weighted by molar-refractivity contribution is -0.114. The van der Waals surface area contributed by atoms with Crippen LogP contribution in [0.25, 0.3) is 6.08 Å². The topological polar surface area (TPSA) is 67.4 Å². The number of anilines is 2. The van der Waals surface area contributed by atoms with Crippen LogP contribution in [0.5, 0.6) is 5.75 Å². The van der Waals surface area contributed by atoms with E-state index in [1.165, 1.54) is 13.0 Å². The number of rotatable bonds is 4. The summed E-state index contributed by atoms with van der Waals surface area (Å²) in [6, 6.07) is 14.7. The van der Waals surface area contributed by atoms with Gasteiger partial charge in [0, 0.05) is 29.9 Å². The van der Waals surface area contributed by atoms with Gasteiger partial charge in [-0.3, -0.25) is 9.59 Å². The van der Waals surface area contributed by atoms with Crippen molar-refractivity contribution in [1.29, 1.82) is 0 Å². The number of fused-ring (bicyclic) bond motifs is 1. The smallest absolute Gasteiger partial charge is 0.248 e. The number of ether oxygens (including phenoxy) is 1. The van der Waals surface area contributed by atoms with Gasteiger partial charge in [0.1, 0.15) is 12.4 Å². The second kappa shape index (κ2) is 7.49. The molecule has 0 unspecified atom stereocenters. The van der Waals surface area contributed by atoms with Crippen LogP contribution in [0.2, 0.25) is 0 Å². The summed E-state index contributed by atoms with van der Waals surface area (Å²) < 4.78 is 5.65. The maximum absolute atomic E-state index is 12.0. The van der Waals surface area contributed by atoms with Gasteiger partial charge in [-0.25, -0.2) is 0 Å². The summed E-state index contributed by atoms with van der Waals surface area (Å²) in [5.41, 5.74) is 3.27. The molecule has 0 spiro atoms. The van der Waals surface area contributed by atoms with Crippen LogP contribution in [0.4, 0.5) is 11.4 Å². The van der Waals surface area contributed by atoms with Crippen molar-refractivity contribution in [3.8, 4) is 5.75 Å². The standard InChI is InChI=1S/C20H18N2O3/c1-14(23)21-17-7-9-18(10-8-17)22-20(24)11-6-15-12-16-4-2-3-5-19(16)25-13-15/h2-12H,13H2,1H3,(H,21,23)(H,22,24). The Labute approximate surface area is 146 Å². The zero-order chi connectivity index (χ0) is 17.6. The van der Waals surface area contributed by atoms with E-state index in [-0.39, 0.29) is 11.8 Å². The van der Waals surface area contributed by atoms with E-state index in [2.05, 4.69) is 10.6 Å². The Balaban J connectivity index is 1.60. The third-order valence-electron chi connectivity index (χ3n) is 3.58. The molecule has 0 aliphatic carbocycles. The van der Waals surface area contributed by atoms with Crippen molar-refractivity contribution < 1.29 is 14.3 Å². The highest BCUT2D eigenvalue weighted by atomic mass is 16.5. The van der Waals surface area contributed by atoms with Gasteiger partial charge < -0.3 is 15.4 Å². The predicted molar refractivity (Wildman–Crippen MR) is 98.4 cm³/mol. The van der Waals surface area contributed by atoms with Crippen molar-refractivity contribution >= 4 is 29.3 Å². The van der Waals surface area contributed by atoms with Crippen molar-refractivity contribution in [2.24, 2.45) is 0 Å². The van der Waals surface area contributed by atoms with Crippen molar-refractivity contribution in [3.63, 3.8) is 0 Å². The molecule has 0 radical (unpaired) electrons. The fraction of sp³-hybridized carbons (Fsp3) is 0.100. The van der Waals surface area contributed by atoms with E-state index >= 15 is 0 Å². The molecule has 126 valence electrons. The van der Waals surface area contributed by atoms with E-state index in [9.17, 15) is 9.59 Å². The van der Waals surface area contributed by atoms with Crippen molar-refractivity contribution in [2.45, 2.75) is 6.92 Å². The highest BCUT2D eigenvalue weighted by molar-refractivity contribution is 6.00. The summed E-state index contributed by atoms with van der Waals surface area (Å²) in [6.45, 7) is 1.88. The lowest BCUT2D eigenvalue weighted by atomic mass is 10.1. The lowest BCUT2D eigenvalue weighted by Gasteiger charge is -2.15.